The molecule has 2 N–H and O–H groups in total. The largest absolute Gasteiger partial charge is 0.372 e. The number of aromatic nitrogens is 2. The summed E-state index contributed by atoms with van der Waals surface area (Å²) in [6, 6.07) is -0.257. The lowest BCUT2D eigenvalue weighted by atomic mass is 9.97. The Morgan fingerprint density at radius 3 is 2.58 bits per heavy atom. The summed E-state index contributed by atoms with van der Waals surface area (Å²) < 4.78 is 5.81. The average molecular weight is 333 g/mol. The van der Waals surface area contributed by atoms with Gasteiger partial charge in [0.15, 0.2) is 11.6 Å². The number of nitrogens with zero attached hydrogens (tertiary/aromatic N) is 3. The molecule has 0 radical (unpaired) electrons. The van der Waals surface area contributed by atoms with Crippen molar-refractivity contribution in [2.24, 2.45) is 5.92 Å². The van der Waals surface area contributed by atoms with Crippen LogP contribution < -0.4 is 15.5 Å². The average Bonchev–Trinajstić information content (AvgIpc) is 2.52. The van der Waals surface area contributed by atoms with Gasteiger partial charge in [-0.1, -0.05) is 20.3 Å². The van der Waals surface area contributed by atoms with E-state index in [4.69, 9.17) is 4.74 Å². The summed E-state index contributed by atoms with van der Waals surface area (Å²) in [5.74, 6) is 2.42. The first-order chi connectivity index (χ1) is 11.4. The van der Waals surface area contributed by atoms with E-state index in [1.807, 2.05) is 6.92 Å². The van der Waals surface area contributed by atoms with Crippen molar-refractivity contribution in [2.75, 3.05) is 28.6 Å². The fraction of sp³-hybridized carbons (Fsp3) is 0.706. The second-order valence-electron chi connectivity index (χ2n) is 6.98. The van der Waals surface area contributed by atoms with Crippen molar-refractivity contribution in [3.05, 3.63) is 5.82 Å². The highest BCUT2D eigenvalue weighted by Crippen LogP contribution is 2.36. The maximum absolute atomic E-state index is 12.5. The third-order valence-corrected chi connectivity index (χ3v) is 4.76. The van der Waals surface area contributed by atoms with Gasteiger partial charge in [0, 0.05) is 13.1 Å². The van der Waals surface area contributed by atoms with Gasteiger partial charge in [-0.25, -0.2) is 9.97 Å². The van der Waals surface area contributed by atoms with Crippen LogP contribution in [0.2, 0.25) is 0 Å². The summed E-state index contributed by atoms with van der Waals surface area (Å²) in [4.78, 5) is 23.8. The summed E-state index contributed by atoms with van der Waals surface area (Å²) in [6.07, 6.45) is 1.18. The zero-order chi connectivity index (χ0) is 17.4. The zero-order valence-corrected chi connectivity index (χ0v) is 15.1. The number of morpholine rings is 1. The predicted octanol–water partition coefficient (Wildman–Crippen LogP) is 2.18. The molecule has 2 aliphatic heterocycles. The van der Waals surface area contributed by atoms with Gasteiger partial charge >= 0.3 is 0 Å². The van der Waals surface area contributed by atoms with Crippen LogP contribution in [0.15, 0.2) is 0 Å². The summed E-state index contributed by atoms with van der Waals surface area (Å²) in [6.45, 7) is 11.6. The van der Waals surface area contributed by atoms with Crippen molar-refractivity contribution in [3.63, 3.8) is 0 Å². The van der Waals surface area contributed by atoms with Crippen LogP contribution in [0.25, 0.3) is 0 Å². The number of fused-ring (bicyclic) bond motifs is 1. The number of anilines is 3. The number of hydrogen-bond donors (Lipinski definition) is 2. The first-order valence-electron chi connectivity index (χ1n) is 8.75. The van der Waals surface area contributed by atoms with E-state index in [2.05, 4.69) is 53.2 Å². The summed E-state index contributed by atoms with van der Waals surface area (Å²) in [5, 5.41) is 6.36. The van der Waals surface area contributed by atoms with E-state index in [0.717, 1.165) is 25.3 Å². The molecule has 1 aromatic heterocycles. The number of carbonyl (C=O) groups excluding carboxylic acids is 1. The summed E-state index contributed by atoms with van der Waals surface area (Å²) in [7, 11) is 0. The van der Waals surface area contributed by atoms with Crippen LogP contribution in [0.3, 0.4) is 0 Å². The molecule has 1 aromatic rings. The lowest BCUT2D eigenvalue weighted by Gasteiger charge is -2.38. The molecule has 0 aromatic carbocycles. The SMILES string of the molecule is CCC(C)C1Nc2nc(C)nc(N3CC(C)OC(C)C3)c2NC1=O. The van der Waals surface area contributed by atoms with Gasteiger partial charge in [0.2, 0.25) is 5.91 Å². The van der Waals surface area contributed by atoms with Crippen molar-refractivity contribution in [3.8, 4) is 0 Å². The Morgan fingerprint density at radius 2 is 1.96 bits per heavy atom. The minimum Gasteiger partial charge on any atom is -0.372 e. The highest BCUT2D eigenvalue weighted by molar-refractivity contribution is 6.05. The van der Waals surface area contributed by atoms with Crippen molar-refractivity contribution < 1.29 is 9.53 Å². The van der Waals surface area contributed by atoms with E-state index in [1.165, 1.54) is 0 Å². The highest BCUT2D eigenvalue weighted by Gasteiger charge is 2.34. The molecule has 0 spiro atoms. The summed E-state index contributed by atoms with van der Waals surface area (Å²) >= 11 is 0. The van der Waals surface area contributed by atoms with Crippen molar-refractivity contribution >= 4 is 23.2 Å². The molecule has 7 heteroatoms. The minimum absolute atomic E-state index is 0.0140. The van der Waals surface area contributed by atoms with E-state index in [1.54, 1.807) is 0 Å². The van der Waals surface area contributed by atoms with Gasteiger partial charge in [-0.3, -0.25) is 4.79 Å². The van der Waals surface area contributed by atoms with Gasteiger partial charge in [0.1, 0.15) is 17.6 Å². The van der Waals surface area contributed by atoms with Crippen LogP contribution in [-0.4, -0.2) is 47.2 Å². The molecule has 0 bridgehead atoms. The first-order valence-corrected chi connectivity index (χ1v) is 8.75. The van der Waals surface area contributed by atoms with Crippen LogP contribution >= 0.6 is 0 Å². The number of rotatable bonds is 3. The minimum atomic E-state index is -0.257. The Morgan fingerprint density at radius 1 is 1.29 bits per heavy atom. The molecule has 4 atom stereocenters. The lowest BCUT2D eigenvalue weighted by Crippen LogP contribution is -2.48. The topological polar surface area (TPSA) is 79.4 Å². The lowest BCUT2D eigenvalue weighted by molar-refractivity contribution is -0.118. The molecule has 3 rings (SSSR count). The van der Waals surface area contributed by atoms with Gasteiger partial charge in [-0.2, -0.15) is 0 Å². The smallest absolute Gasteiger partial charge is 0.247 e. The van der Waals surface area contributed by atoms with E-state index in [-0.39, 0.29) is 30.1 Å². The molecule has 3 heterocycles. The molecule has 1 saturated heterocycles. The predicted molar refractivity (Wildman–Crippen MR) is 94.5 cm³/mol. The molecule has 1 amide bonds. The molecule has 2 aliphatic rings. The van der Waals surface area contributed by atoms with Gasteiger partial charge in [0.05, 0.1) is 12.2 Å². The Labute approximate surface area is 143 Å². The molecule has 0 saturated carbocycles. The summed E-state index contributed by atoms with van der Waals surface area (Å²) in [5.41, 5.74) is 0.687. The number of amides is 1. The zero-order valence-electron chi connectivity index (χ0n) is 15.1. The van der Waals surface area contributed by atoms with Crippen LogP contribution in [0.4, 0.5) is 17.3 Å². The monoisotopic (exact) mass is 333 g/mol. The molecule has 24 heavy (non-hydrogen) atoms. The molecule has 4 unspecified atom stereocenters. The standard InChI is InChI=1S/C17H27N5O2/c1-6-9(2)13-17(23)21-14-15(20-13)18-12(5)19-16(14)22-7-10(3)24-11(4)8-22/h9-11,13H,6-8H2,1-5H3,(H,21,23)(H,18,19,20). The second-order valence-corrected chi connectivity index (χ2v) is 6.98. The Balaban J connectivity index is 1.96. The second kappa shape index (κ2) is 6.55. The Hall–Kier alpha value is -1.89. The molecule has 7 nitrogen and oxygen atoms in total. The van der Waals surface area contributed by atoms with Crippen molar-refractivity contribution in [2.45, 2.75) is 59.3 Å². The number of aryl methyl sites for hydroxylation is 1. The highest BCUT2D eigenvalue weighted by atomic mass is 16.5. The fourth-order valence-electron chi connectivity index (χ4n) is 3.41. The molecule has 132 valence electrons. The number of carbonyl (C=O) groups is 1. The van der Waals surface area contributed by atoms with Gasteiger partial charge in [0.25, 0.3) is 0 Å². The Kier molecular flexibility index (Phi) is 4.62. The van der Waals surface area contributed by atoms with Gasteiger partial charge < -0.3 is 20.3 Å². The van der Waals surface area contributed by atoms with Crippen molar-refractivity contribution in [1.82, 2.24) is 9.97 Å². The normalized spacial score (nSPS) is 28.0. The first kappa shape index (κ1) is 17.0. The molecule has 0 aliphatic carbocycles. The van der Waals surface area contributed by atoms with E-state index in [0.29, 0.717) is 17.3 Å². The molecule has 1 fully saturated rings. The van der Waals surface area contributed by atoms with E-state index in [9.17, 15) is 4.79 Å². The fourth-order valence-corrected chi connectivity index (χ4v) is 3.41. The van der Waals surface area contributed by atoms with Crippen LogP contribution in [0.5, 0.6) is 0 Å². The molecular weight excluding hydrogens is 306 g/mol. The maximum atomic E-state index is 12.5. The quantitative estimate of drug-likeness (QED) is 0.882. The van der Waals surface area contributed by atoms with E-state index < -0.39 is 0 Å². The number of hydrogen-bond acceptors (Lipinski definition) is 6. The maximum Gasteiger partial charge on any atom is 0.247 e. The van der Waals surface area contributed by atoms with Gasteiger partial charge in [-0.05, 0) is 26.7 Å². The Bertz CT molecular complexity index is 626. The van der Waals surface area contributed by atoms with Gasteiger partial charge in [-0.15, -0.1) is 0 Å². The molecular formula is C17H27N5O2. The van der Waals surface area contributed by atoms with Crippen molar-refractivity contribution in [1.29, 1.82) is 0 Å². The number of ether oxygens (including phenoxy) is 1. The van der Waals surface area contributed by atoms with E-state index >= 15 is 0 Å². The third kappa shape index (κ3) is 3.17. The number of nitrogens with one attached hydrogen (secondary N) is 2. The third-order valence-electron chi connectivity index (χ3n) is 4.76. The van der Waals surface area contributed by atoms with Crippen LogP contribution in [0, 0.1) is 12.8 Å². The van der Waals surface area contributed by atoms with Crippen LogP contribution in [0.1, 0.15) is 39.9 Å². The van der Waals surface area contributed by atoms with Crippen LogP contribution in [-0.2, 0) is 9.53 Å².